The molecule has 1 aromatic heterocycles. The molecule has 0 aliphatic rings. The van der Waals surface area contributed by atoms with Crippen LogP contribution >= 0.6 is 0 Å². The first-order valence-corrected chi connectivity index (χ1v) is 6.22. The molecule has 0 aliphatic carbocycles. The summed E-state index contributed by atoms with van der Waals surface area (Å²) in [7, 11) is 1.67. The lowest BCUT2D eigenvalue weighted by Gasteiger charge is -2.25. The van der Waals surface area contributed by atoms with E-state index in [-0.39, 0.29) is 17.5 Å². The van der Waals surface area contributed by atoms with Crippen LogP contribution in [0.1, 0.15) is 28.9 Å². The molecule has 5 heteroatoms. The number of halogens is 1. The standard InChI is InChI=1S/C15H16FN3O/c1-10(11-4-3-5-14(17)7-11)19(2)15(20)12-6-13(16)9-18-8-12/h3-10H,17H2,1-2H3. The lowest BCUT2D eigenvalue weighted by atomic mass is 10.1. The molecular weight excluding hydrogens is 257 g/mol. The maximum atomic E-state index is 13.1. The van der Waals surface area contributed by atoms with Crippen molar-refractivity contribution < 1.29 is 9.18 Å². The van der Waals surface area contributed by atoms with Gasteiger partial charge in [-0.05, 0) is 30.7 Å². The molecular formula is C15H16FN3O. The molecule has 0 bridgehead atoms. The number of carbonyl (C=O) groups excluding carboxylic acids is 1. The molecule has 2 rings (SSSR count). The molecule has 2 aromatic rings. The van der Waals surface area contributed by atoms with Crippen molar-refractivity contribution in [2.24, 2.45) is 0 Å². The fraction of sp³-hybridized carbons (Fsp3) is 0.200. The first-order valence-electron chi connectivity index (χ1n) is 6.22. The number of anilines is 1. The molecule has 20 heavy (non-hydrogen) atoms. The molecule has 0 saturated heterocycles. The fourth-order valence-electron chi connectivity index (χ4n) is 1.95. The van der Waals surface area contributed by atoms with Crippen LogP contribution in [0.4, 0.5) is 10.1 Å². The number of hydrogen-bond acceptors (Lipinski definition) is 3. The maximum absolute atomic E-state index is 13.1. The zero-order chi connectivity index (χ0) is 14.7. The molecule has 0 radical (unpaired) electrons. The van der Waals surface area contributed by atoms with E-state index in [1.54, 1.807) is 13.1 Å². The average molecular weight is 273 g/mol. The van der Waals surface area contributed by atoms with Gasteiger partial charge in [-0.25, -0.2) is 4.39 Å². The lowest BCUT2D eigenvalue weighted by molar-refractivity contribution is 0.0741. The van der Waals surface area contributed by atoms with Crippen LogP contribution in [0, 0.1) is 5.82 Å². The van der Waals surface area contributed by atoms with Crippen LogP contribution in [0.2, 0.25) is 0 Å². The molecule has 1 aromatic carbocycles. The van der Waals surface area contributed by atoms with Crippen LogP contribution in [0.15, 0.2) is 42.7 Å². The van der Waals surface area contributed by atoms with Gasteiger partial charge in [0.15, 0.2) is 0 Å². The third kappa shape index (κ3) is 2.93. The van der Waals surface area contributed by atoms with Crippen molar-refractivity contribution in [1.29, 1.82) is 0 Å². The highest BCUT2D eigenvalue weighted by atomic mass is 19.1. The second kappa shape index (κ2) is 5.69. The molecule has 1 heterocycles. The van der Waals surface area contributed by atoms with Crippen LogP contribution in [-0.4, -0.2) is 22.8 Å². The van der Waals surface area contributed by atoms with Crippen LogP contribution in [0.25, 0.3) is 0 Å². The average Bonchev–Trinajstić information content (AvgIpc) is 2.45. The molecule has 0 spiro atoms. The zero-order valence-corrected chi connectivity index (χ0v) is 11.4. The smallest absolute Gasteiger partial charge is 0.255 e. The maximum Gasteiger partial charge on any atom is 0.255 e. The number of nitrogens with two attached hydrogens (primary N) is 1. The molecule has 104 valence electrons. The number of aromatic nitrogens is 1. The van der Waals surface area contributed by atoms with Gasteiger partial charge in [0.2, 0.25) is 0 Å². The Labute approximate surface area is 117 Å². The van der Waals surface area contributed by atoms with Crippen LogP contribution in [0.3, 0.4) is 0 Å². The molecule has 1 unspecified atom stereocenters. The second-order valence-electron chi connectivity index (χ2n) is 4.65. The van der Waals surface area contributed by atoms with E-state index in [0.29, 0.717) is 5.69 Å². The summed E-state index contributed by atoms with van der Waals surface area (Å²) in [6, 6.07) is 8.34. The first-order chi connectivity index (χ1) is 9.49. The Bertz CT molecular complexity index is 630. The van der Waals surface area contributed by atoms with Gasteiger partial charge in [-0.3, -0.25) is 9.78 Å². The summed E-state index contributed by atoms with van der Waals surface area (Å²) in [6.45, 7) is 1.89. The number of amides is 1. The predicted molar refractivity (Wildman–Crippen MR) is 75.6 cm³/mol. The topological polar surface area (TPSA) is 59.2 Å². The van der Waals surface area contributed by atoms with E-state index in [9.17, 15) is 9.18 Å². The van der Waals surface area contributed by atoms with Gasteiger partial charge in [0.05, 0.1) is 17.8 Å². The van der Waals surface area contributed by atoms with Gasteiger partial charge in [-0.2, -0.15) is 0 Å². The van der Waals surface area contributed by atoms with Crippen molar-refractivity contribution >= 4 is 11.6 Å². The predicted octanol–water partition coefficient (Wildman–Crippen LogP) is 2.64. The summed E-state index contributed by atoms with van der Waals surface area (Å²) in [5.41, 5.74) is 7.53. The monoisotopic (exact) mass is 273 g/mol. The highest BCUT2D eigenvalue weighted by molar-refractivity contribution is 5.94. The number of benzene rings is 1. The number of pyridine rings is 1. The SMILES string of the molecule is CC(c1cccc(N)c1)N(C)C(=O)c1cncc(F)c1. The fourth-order valence-corrected chi connectivity index (χ4v) is 1.95. The Kier molecular flexibility index (Phi) is 3.98. The van der Waals surface area contributed by atoms with Gasteiger partial charge in [0.1, 0.15) is 5.82 Å². The number of hydrogen-bond donors (Lipinski definition) is 1. The van der Waals surface area contributed by atoms with E-state index in [1.807, 2.05) is 25.1 Å². The highest BCUT2D eigenvalue weighted by Crippen LogP contribution is 2.22. The quantitative estimate of drug-likeness (QED) is 0.874. The summed E-state index contributed by atoms with van der Waals surface area (Å²) < 4.78 is 13.1. The lowest BCUT2D eigenvalue weighted by Crippen LogP contribution is -2.29. The summed E-state index contributed by atoms with van der Waals surface area (Å²) in [4.78, 5) is 17.5. The summed E-state index contributed by atoms with van der Waals surface area (Å²) >= 11 is 0. The molecule has 1 amide bonds. The molecule has 0 saturated carbocycles. The van der Waals surface area contributed by atoms with Gasteiger partial charge >= 0.3 is 0 Å². The molecule has 4 nitrogen and oxygen atoms in total. The first kappa shape index (κ1) is 14.0. The van der Waals surface area contributed by atoms with E-state index in [4.69, 9.17) is 5.73 Å². The van der Waals surface area contributed by atoms with Crippen LogP contribution < -0.4 is 5.73 Å². The van der Waals surface area contributed by atoms with Gasteiger partial charge in [0.25, 0.3) is 5.91 Å². The molecule has 1 atom stereocenters. The molecule has 0 fully saturated rings. The summed E-state index contributed by atoms with van der Waals surface area (Å²) in [5.74, 6) is -0.812. The van der Waals surface area contributed by atoms with Crippen molar-refractivity contribution in [3.05, 3.63) is 59.7 Å². The van der Waals surface area contributed by atoms with Crippen molar-refractivity contribution in [3.8, 4) is 0 Å². The van der Waals surface area contributed by atoms with Crippen molar-refractivity contribution in [3.63, 3.8) is 0 Å². The molecule has 0 aliphatic heterocycles. The van der Waals surface area contributed by atoms with Gasteiger partial charge in [0, 0.05) is 18.9 Å². The highest BCUT2D eigenvalue weighted by Gasteiger charge is 2.19. The minimum Gasteiger partial charge on any atom is -0.399 e. The Morgan fingerprint density at radius 3 is 2.75 bits per heavy atom. The van der Waals surface area contributed by atoms with Crippen molar-refractivity contribution in [1.82, 2.24) is 9.88 Å². The van der Waals surface area contributed by atoms with Crippen molar-refractivity contribution in [2.75, 3.05) is 12.8 Å². The van der Waals surface area contributed by atoms with Crippen LogP contribution in [-0.2, 0) is 0 Å². The normalized spacial score (nSPS) is 11.9. The largest absolute Gasteiger partial charge is 0.399 e. The molecule has 2 N–H and O–H groups in total. The Morgan fingerprint density at radius 2 is 2.10 bits per heavy atom. The minimum absolute atomic E-state index is 0.172. The summed E-state index contributed by atoms with van der Waals surface area (Å²) in [5, 5.41) is 0. The number of rotatable bonds is 3. The van der Waals surface area contributed by atoms with Gasteiger partial charge < -0.3 is 10.6 Å². The summed E-state index contributed by atoms with van der Waals surface area (Å²) in [6.07, 6.45) is 2.42. The number of nitrogen functional groups attached to an aromatic ring is 1. The van der Waals surface area contributed by atoms with E-state index in [2.05, 4.69) is 4.98 Å². The Balaban J connectivity index is 2.22. The van der Waals surface area contributed by atoms with E-state index in [0.717, 1.165) is 11.8 Å². The van der Waals surface area contributed by atoms with E-state index >= 15 is 0 Å². The minimum atomic E-state index is -0.527. The van der Waals surface area contributed by atoms with E-state index in [1.165, 1.54) is 17.2 Å². The second-order valence-corrected chi connectivity index (χ2v) is 4.65. The number of nitrogens with zero attached hydrogens (tertiary/aromatic N) is 2. The van der Waals surface area contributed by atoms with Gasteiger partial charge in [-0.15, -0.1) is 0 Å². The number of carbonyl (C=O) groups is 1. The van der Waals surface area contributed by atoms with Crippen molar-refractivity contribution in [2.45, 2.75) is 13.0 Å². The van der Waals surface area contributed by atoms with Crippen LogP contribution in [0.5, 0.6) is 0 Å². The third-order valence-corrected chi connectivity index (χ3v) is 3.25. The third-order valence-electron chi connectivity index (χ3n) is 3.25. The van der Waals surface area contributed by atoms with Gasteiger partial charge in [-0.1, -0.05) is 12.1 Å². The zero-order valence-electron chi connectivity index (χ0n) is 11.4. The Hall–Kier alpha value is -2.43. The van der Waals surface area contributed by atoms with E-state index < -0.39 is 5.82 Å². The Morgan fingerprint density at radius 1 is 1.35 bits per heavy atom.